The van der Waals surface area contributed by atoms with E-state index in [-0.39, 0.29) is 29.8 Å². The molecule has 1 N–H and O–H groups in total. The van der Waals surface area contributed by atoms with Crippen molar-refractivity contribution in [2.75, 3.05) is 27.2 Å². The lowest BCUT2D eigenvalue weighted by atomic mass is 10.2. The van der Waals surface area contributed by atoms with Crippen LogP contribution in [0.3, 0.4) is 0 Å². The van der Waals surface area contributed by atoms with E-state index in [1.807, 2.05) is 42.3 Å². The van der Waals surface area contributed by atoms with Crippen LogP contribution in [0.25, 0.3) is 0 Å². The highest BCUT2D eigenvalue weighted by Gasteiger charge is 2.06. The number of halogens is 2. The second kappa shape index (κ2) is 10.9. The van der Waals surface area contributed by atoms with Crippen molar-refractivity contribution in [1.29, 1.82) is 0 Å². The number of ether oxygens (including phenoxy) is 1. The van der Waals surface area contributed by atoms with E-state index in [2.05, 4.69) is 10.3 Å². The van der Waals surface area contributed by atoms with Crippen LogP contribution < -0.4 is 10.1 Å². The molecule has 0 saturated carbocycles. The van der Waals surface area contributed by atoms with Gasteiger partial charge < -0.3 is 15.0 Å². The molecule has 0 spiro atoms. The van der Waals surface area contributed by atoms with E-state index in [9.17, 15) is 4.39 Å². The standard InChI is InChI=1S/C18H22FN3O.HI/c1-20-18(21-12-13-23-17-6-4-3-5-7-17)22(2)14-15-8-10-16(19)11-9-15;/h3-11H,12-14H2,1-2H3,(H,20,21);1H. The van der Waals surface area contributed by atoms with E-state index in [4.69, 9.17) is 4.74 Å². The van der Waals surface area contributed by atoms with Gasteiger partial charge in [0.15, 0.2) is 5.96 Å². The Labute approximate surface area is 159 Å². The number of hydrogen-bond donors (Lipinski definition) is 1. The fourth-order valence-corrected chi connectivity index (χ4v) is 2.17. The summed E-state index contributed by atoms with van der Waals surface area (Å²) in [5.41, 5.74) is 1.03. The Balaban J connectivity index is 0.00000288. The third-order valence-corrected chi connectivity index (χ3v) is 3.30. The fourth-order valence-electron chi connectivity index (χ4n) is 2.17. The first kappa shape index (κ1) is 20.2. The van der Waals surface area contributed by atoms with Crippen molar-refractivity contribution in [2.24, 2.45) is 4.99 Å². The second-order valence-electron chi connectivity index (χ2n) is 5.12. The molecule has 0 atom stereocenters. The molecule has 2 aromatic carbocycles. The number of rotatable bonds is 6. The maximum Gasteiger partial charge on any atom is 0.193 e. The van der Waals surface area contributed by atoms with Crippen molar-refractivity contribution in [3.05, 3.63) is 66.0 Å². The van der Waals surface area contributed by atoms with Crippen LogP contribution in [-0.2, 0) is 6.54 Å². The summed E-state index contributed by atoms with van der Waals surface area (Å²) in [5, 5.41) is 3.25. The minimum Gasteiger partial charge on any atom is -0.492 e. The number of hydrogen-bond acceptors (Lipinski definition) is 2. The molecular weight excluding hydrogens is 420 g/mol. The molecule has 0 amide bonds. The molecule has 0 aliphatic rings. The summed E-state index contributed by atoms with van der Waals surface area (Å²) < 4.78 is 18.6. The summed E-state index contributed by atoms with van der Waals surface area (Å²) in [6.07, 6.45) is 0. The second-order valence-corrected chi connectivity index (χ2v) is 5.12. The van der Waals surface area contributed by atoms with Crippen LogP contribution in [-0.4, -0.2) is 38.1 Å². The van der Waals surface area contributed by atoms with Crippen molar-refractivity contribution in [1.82, 2.24) is 10.2 Å². The molecule has 0 radical (unpaired) electrons. The van der Waals surface area contributed by atoms with Crippen LogP contribution in [0.2, 0.25) is 0 Å². The highest BCUT2D eigenvalue weighted by atomic mass is 127. The van der Waals surface area contributed by atoms with E-state index in [1.54, 1.807) is 19.2 Å². The number of para-hydroxylation sites is 1. The molecule has 0 aliphatic carbocycles. The van der Waals surface area contributed by atoms with Gasteiger partial charge in [0.2, 0.25) is 0 Å². The average molecular weight is 443 g/mol. The number of guanidine groups is 1. The molecule has 4 nitrogen and oxygen atoms in total. The van der Waals surface area contributed by atoms with Gasteiger partial charge in [0.1, 0.15) is 18.2 Å². The normalized spacial score (nSPS) is 10.7. The third-order valence-electron chi connectivity index (χ3n) is 3.30. The first-order valence-electron chi connectivity index (χ1n) is 7.53. The topological polar surface area (TPSA) is 36.9 Å². The van der Waals surface area contributed by atoms with Crippen molar-refractivity contribution in [3.8, 4) is 5.75 Å². The zero-order valence-electron chi connectivity index (χ0n) is 13.9. The van der Waals surface area contributed by atoms with Gasteiger partial charge in [-0.1, -0.05) is 30.3 Å². The van der Waals surface area contributed by atoms with Crippen LogP contribution in [0, 0.1) is 5.82 Å². The lowest BCUT2D eigenvalue weighted by Gasteiger charge is -2.22. The first-order chi connectivity index (χ1) is 11.2. The quantitative estimate of drug-likeness (QED) is 0.321. The lowest BCUT2D eigenvalue weighted by Crippen LogP contribution is -2.40. The predicted octanol–water partition coefficient (Wildman–Crippen LogP) is 3.53. The van der Waals surface area contributed by atoms with Gasteiger partial charge in [0.25, 0.3) is 0 Å². The lowest BCUT2D eigenvalue weighted by molar-refractivity contribution is 0.319. The Morgan fingerprint density at radius 2 is 1.79 bits per heavy atom. The summed E-state index contributed by atoms with van der Waals surface area (Å²) in [7, 11) is 3.68. The minimum atomic E-state index is -0.225. The van der Waals surface area contributed by atoms with Gasteiger partial charge in [-0.25, -0.2) is 4.39 Å². The molecule has 6 heteroatoms. The van der Waals surface area contributed by atoms with Crippen LogP contribution in [0.4, 0.5) is 4.39 Å². The number of aliphatic imine (C=N–C) groups is 1. The van der Waals surface area contributed by atoms with Gasteiger partial charge in [-0.15, -0.1) is 24.0 Å². The SMILES string of the molecule is CN=C(NCCOc1ccccc1)N(C)Cc1ccc(F)cc1.I. The van der Waals surface area contributed by atoms with Crippen molar-refractivity contribution >= 4 is 29.9 Å². The summed E-state index contributed by atoms with van der Waals surface area (Å²) in [6, 6.07) is 16.2. The summed E-state index contributed by atoms with van der Waals surface area (Å²) in [5.74, 6) is 1.40. The maximum absolute atomic E-state index is 12.9. The predicted molar refractivity (Wildman–Crippen MR) is 107 cm³/mol. The Hall–Kier alpha value is -1.83. The van der Waals surface area contributed by atoms with Gasteiger partial charge in [-0.3, -0.25) is 4.99 Å². The van der Waals surface area contributed by atoms with E-state index in [0.717, 1.165) is 17.3 Å². The highest BCUT2D eigenvalue weighted by Crippen LogP contribution is 2.08. The monoisotopic (exact) mass is 443 g/mol. The molecule has 0 unspecified atom stereocenters. The van der Waals surface area contributed by atoms with E-state index in [0.29, 0.717) is 19.7 Å². The molecule has 0 saturated heterocycles. The Morgan fingerprint density at radius 3 is 2.42 bits per heavy atom. The molecule has 0 fully saturated rings. The molecule has 130 valence electrons. The molecule has 24 heavy (non-hydrogen) atoms. The third kappa shape index (κ3) is 6.74. The molecule has 0 aliphatic heterocycles. The molecule has 0 aromatic heterocycles. The van der Waals surface area contributed by atoms with Crippen molar-refractivity contribution < 1.29 is 9.13 Å². The smallest absolute Gasteiger partial charge is 0.193 e. The van der Waals surface area contributed by atoms with E-state index < -0.39 is 0 Å². The number of nitrogens with zero attached hydrogens (tertiary/aromatic N) is 2. The molecule has 0 bridgehead atoms. The van der Waals surface area contributed by atoms with E-state index >= 15 is 0 Å². The molecule has 0 heterocycles. The maximum atomic E-state index is 12.9. The Bertz CT molecular complexity index is 620. The molecule has 2 rings (SSSR count). The van der Waals surface area contributed by atoms with Crippen LogP contribution in [0.1, 0.15) is 5.56 Å². The summed E-state index contributed by atoms with van der Waals surface area (Å²) in [4.78, 5) is 6.23. The van der Waals surface area contributed by atoms with Crippen molar-refractivity contribution in [3.63, 3.8) is 0 Å². The van der Waals surface area contributed by atoms with Gasteiger partial charge >= 0.3 is 0 Å². The minimum absolute atomic E-state index is 0. The highest BCUT2D eigenvalue weighted by molar-refractivity contribution is 14.0. The van der Waals surface area contributed by atoms with Gasteiger partial charge in [0.05, 0.1) is 6.54 Å². The number of nitrogens with one attached hydrogen (secondary N) is 1. The number of benzene rings is 2. The van der Waals surface area contributed by atoms with Crippen molar-refractivity contribution in [2.45, 2.75) is 6.54 Å². The first-order valence-corrected chi connectivity index (χ1v) is 7.53. The van der Waals surface area contributed by atoms with Crippen LogP contribution >= 0.6 is 24.0 Å². The van der Waals surface area contributed by atoms with Gasteiger partial charge in [-0.2, -0.15) is 0 Å². The average Bonchev–Trinajstić information content (AvgIpc) is 2.58. The van der Waals surface area contributed by atoms with Gasteiger partial charge in [0, 0.05) is 20.6 Å². The van der Waals surface area contributed by atoms with Crippen LogP contribution in [0.15, 0.2) is 59.6 Å². The Kier molecular flexibility index (Phi) is 9.14. The van der Waals surface area contributed by atoms with Gasteiger partial charge in [-0.05, 0) is 29.8 Å². The van der Waals surface area contributed by atoms with Crippen LogP contribution in [0.5, 0.6) is 5.75 Å². The molecule has 2 aromatic rings. The fraction of sp³-hybridized carbons (Fsp3) is 0.278. The summed E-state index contributed by atoms with van der Waals surface area (Å²) in [6.45, 7) is 1.85. The van der Waals surface area contributed by atoms with E-state index in [1.165, 1.54) is 12.1 Å². The zero-order valence-corrected chi connectivity index (χ0v) is 16.2. The molecular formula is C18H23FIN3O. The largest absolute Gasteiger partial charge is 0.492 e. The summed E-state index contributed by atoms with van der Waals surface area (Å²) >= 11 is 0. The zero-order chi connectivity index (χ0) is 16.5. The Morgan fingerprint density at radius 1 is 1.12 bits per heavy atom.